The monoisotopic (exact) mass is 1190 g/mol. The summed E-state index contributed by atoms with van der Waals surface area (Å²) in [5, 5.41) is 24.1. The molecular formula is C52H81N15O13S2. The lowest BCUT2D eigenvalue weighted by Crippen LogP contribution is -2.59. The van der Waals surface area contributed by atoms with Crippen LogP contribution in [-0.4, -0.2) is 186 Å². The first-order valence-corrected chi connectivity index (χ1v) is 28.7. The summed E-state index contributed by atoms with van der Waals surface area (Å²) in [5.41, 5.74) is 18.4. The minimum Gasteiger partial charge on any atom is -0.377 e. The number of nitrogens with two attached hydrogens (primary N) is 3. The highest BCUT2D eigenvalue weighted by Crippen LogP contribution is 2.20. The van der Waals surface area contributed by atoms with Gasteiger partial charge in [0, 0.05) is 60.6 Å². The number of amides is 11. The molecule has 17 N–H and O–H groups in total. The summed E-state index contributed by atoms with van der Waals surface area (Å²) in [6.45, 7) is 7.47. The third kappa shape index (κ3) is 24.8. The molecule has 30 heteroatoms. The summed E-state index contributed by atoms with van der Waals surface area (Å²) in [5.74, 6) is -8.05. The number of imidazole rings is 1. The van der Waals surface area contributed by atoms with Crippen molar-refractivity contribution in [2.45, 2.75) is 121 Å². The van der Waals surface area contributed by atoms with Gasteiger partial charge < -0.3 is 84.5 Å². The highest BCUT2D eigenvalue weighted by molar-refractivity contribution is 7.98. The molecule has 11 amide bonds. The van der Waals surface area contributed by atoms with Crippen molar-refractivity contribution < 1.29 is 62.2 Å². The minimum atomic E-state index is -1.38. The molecule has 0 spiro atoms. The average molecular weight is 1190 g/mol. The Hall–Kier alpha value is -7.28. The standard InChI is InChI=1S/C52H81N15O13S2/c1-28(2)19-38(50(76)64-36(45(55)71)13-18-82-6)65-51(77)40(21-32-23-56-27-60-32)63-42(69)24-59-52(78)44(29(3)4)67-46(72)30(5)61-49(75)39(20-31-22-58-35-10-8-7-9-33(31)35)66-48(74)37(11-12-41(54)68)62-43(70)25-80-17-16-79-15-14-57-47(73)34(53)26-81/h7-10,22-23,27-30,34,36-40,44,58,81H,11-21,24-26,53H2,1-6H3,(H2,54,68)(H2,55,71)(H,56,60)(H,57,73)(H,59,78)(H,61,75)(H,62,70)(H,63,69)(H,64,76)(H,65,77)(H,66,74)(H,67,72)/t30-,34-,36-,37-,38-,39-,40-,44-/m0/s1. The quantitative estimate of drug-likeness (QED) is 0.0198. The van der Waals surface area contributed by atoms with Crippen LogP contribution in [0.5, 0.6) is 0 Å². The van der Waals surface area contributed by atoms with Crippen LogP contribution >= 0.6 is 24.4 Å². The fraction of sp³-hybridized carbons (Fsp3) is 0.577. The number of para-hydroxylation sites is 1. The first kappa shape index (κ1) is 69.0. The van der Waals surface area contributed by atoms with Crippen molar-refractivity contribution in [3.8, 4) is 0 Å². The van der Waals surface area contributed by atoms with Gasteiger partial charge in [-0.3, -0.25) is 52.7 Å². The topological polar surface area (TPSA) is 437 Å². The molecule has 8 atom stereocenters. The van der Waals surface area contributed by atoms with E-state index in [2.05, 4.69) is 75.4 Å². The van der Waals surface area contributed by atoms with Gasteiger partial charge in [-0.2, -0.15) is 24.4 Å². The van der Waals surface area contributed by atoms with Crippen LogP contribution in [0.4, 0.5) is 0 Å². The van der Waals surface area contributed by atoms with Gasteiger partial charge in [-0.1, -0.05) is 45.9 Å². The van der Waals surface area contributed by atoms with E-state index in [-0.39, 0.29) is 82.5 Å². The number of benzene rings is 1. The van der Waals surface area contributed by atoms with Crippen molar-refractivity contribution >= 4 is 100 Å². The van der Waals surface area contributed by atoms with E-state index in [9.17, 15) is 52.7 Å². The number of hydrogen-bond donors (Lipinski definition) is 15. The van der Waals surface area contributed by atoms with E-state index in [1.807, 2.05) is 26.2 Å². The number of ether oxygens (including phenoxy) is 2. The zero-order chi connectivity index (χ0) is 60.9. The SMILES string of the molecule is CSCC[C@H](NC(=O)[C@H](CC(C)C)NC(=O)[C@H](Cc1cnc[nH]1)NC(=O)CNC(=O)[C@@H](NC(=O)[C@H](C)NC(=O)[C@H](Cc1c[nH]c2ccccc12)NC(=O)[C@H](CCC(N)=O)NC(=O)COCCOCCNC(=O)[C@@H](N)CS)C(C)C)C(N)=O. The Balaban J connectivity index is 1.70. The summed E-state index contributed by atoms with van der Waals surface area (Å²) in [4.78, 5) is 155. The molecule has 2 aromatic heterocycles. The smallest absolute Gasteiger partial charge is 0.246 e. The molecule has 0 radical (unpaired) electrons. The third-order valence-corrected chi connectivity index (χ3v) is 13.4. The van der Waals surface area contributed by atoms with E-state index in [1.54, 1.807) is 38.2 Å². The van der Waals surface area contributed by atoms with Gasteiger partial charge in [-0.05, 0) is 61.7 Å². The van der Waals surface area contributed by atoms with Crippen LogP contribution in [0, 0.1) is 11.8 Å². The van der Waals surface area contributed by atoms with Gasteiger partial charge in [0.1, 0.15) is 48.9 Å². The zero-order valence-corrected chi connectivity index (χ0v) is 48.8. The second kappa shape index (κ2) is 36.2. The highest BCUT2D eigenvalue weighted by atomic mass is 32.2. The van der Waals surface area contributed by atoms with E-state index in [0.717, 1.165) is 10.9 Å². The summed E-state index contributed by atoms with van der Waals surface area (Å²) >= 11 is 5.44. The van der Waals surface area contributed by atoms with E-state index in [4.69, 9.17) is 26.7 Å². The van der Waals surface area contributed by atoms with Gasteiger partial charge in [0.25, 0.3) is 0 Å². The largest absolute Gasteiger partial charge is 0.377 e. The van der Waals surface area contributed by atoms with Crippen LogP contribution < -0.4 is 65.1 Å². The van der Waals surface area contributed by atoms with Crippen molar-refractivity contribution in [1.29, 1.82) is 0 Å². The van der Waals surface area contributed by atoms with Gasteiger partial charge in [-0.15, -0.1) is 0 Å². The Bertz CT molecular complexity index is 2600. The number of thioether (sulfide) groups is 1. The molecule has 1 aromatic carbocycles. The fourth-order valence-electron chi connectivity index (χ4n) is 7.95. The lowest BCUT2D eigenvalue weighted by Gasteiger charge is -2.26. The average Bonchev–Trinajstić information content (AvgIpc) is 4.19. The number of hydrogen-bond acceptors (Lipinski definition) is 17. The molecular weight excluding hydrogens is 1110 g/mol. The predicted molar refractivity (Wildman–Crippen MR) is 308 cm³/mol. The number of fused-ring (bicyclic) bond motifs is 1. The van der Waals surface area contributed by atoms with Gasteiger partial charge >= 0.3 is 0 Å². The Morgan fingerprint density at radius 2 is 1.30 bits per heavy atom. The number of nitrogens with zero attached hydrogens (tertiary/aromatic N) is 1. The highest BCUT2D eigenvalue weighted by Gasteiger charge is 2.34. The molecule has 0 saturated heterocycles. The summed E-state index contributed by atoms with van der Waals surface area (Å²) in [6, 6.07) is -2.29. The fourth-order valence-corrected chi connectivity index (χ4v) is 8.59. The number of H-pyrrole nitrogens is 2. The molecule has 0 aliphatic heterocycles. The Morgan fingerprint density at radius 1 is 0.671 bits per heavy atom. The van der Waals surface area contributed by atoms with E-state index < -0.39 is 126 Å². The number of aromatic nitrogens is 3. The van der Waals surface area contributed by atoms with Crippen LogP contribution in [0.15, 0.2) is 43.0 Å². The zero-order valence-electron chi connectivity index (χ0n) is 47.1. The Morgan fingerprint density at radius 3 is 1.95 bits per heavy atom. The minimum absolute atomic E-state index is 0.0315. The molecule has 3 aromatic rings. The first-order valence-electron chi connectivity index (χ1n) is 26.7. The maximum atomic E-state index is 14.2. The number of aromatic amines is 2. The van der Waals surface area contributed by atoms with Crippen LogP contribution in [0.2, 0.25) is 0 Å². The lowest BCUT2D eigenvalue weighted by molar-refractivity contribution is -0.135. The number of carbonyl (C=O) groups excluding carboxylic acids is 11. The van der Waals surface area contributed by atoms with Crippen molar-refractivity contribution in [3.63, 3.8) is 0 Å². The molecule has 3 rings (SSSR count). The summed E-state index contributed by atoms with van der Waals surface area (Å²) < 4.78 is 10.8. The molecule has 28 nitrogen and oxygen atoms in total. The molecule has 0 bridgehead atoms. The van der Waals surface area contributed by atoms with Crippen LogP contribution in [0.25, 0.3) is 10.9 Å². The second-order valence-electron chi connectivity index (χ2n) is 20.0. The summed E-state index contributed by atoms with van der Waals surface area (Å²) in [7, 11) is 0. The Kier molecular flexibility index (Phi) is 30.5. The van der Waals surface area contributed by atoms with Crippen LogP contribution in [0.1, 0.15) is 71.6 Å². The number of nitrogens with one attached hydrogen (secondary N) is 11. The predicted octanol–water partition coefficient (Wildman–Crippen LogP) is -3.18. The van der Waals surface area contributed by atoms with Crippen molar-refractivity contribution in [1.82, 2.24) is 62.8 Å². The lowest BCUT2D eigenvalue weighted by atomic mass is 10.0. The van der Waals surface area contributed by atoms with Crippen molar-refractivity contribution in [2.24, 2.45) is 29.0 Å². The Labute approximate surface area is 485 Å². The van der Waals surface area contributed by atoms with Gasteiger partial charge in [-0.25, -0.2) is 4.98 Å². The van der Waals surface area contributed by atoms with Gasteiger partial charge in [0.2, 0.25) is 65.0 Å². The number of primary amides is 2. The van der Waals surface area contributed by atoms with E-state index >= 15 is 0 Å². The van der Waals surface area contributed by atoms with Gasteiger partial charge in [0.15, 0.2) is 0 Å². The maximum Gasteiger partial charge on any atom is 0.246 e. The molecule has 82 heavy (non-hydrogen) atoms. The normalized spacial score (nSPS) is 14.2. The molecule has 0 fully saturated rings. The van der Waals surface area contributed by atoms with Crippen molar-refractivity contribution in [2.75, 3.05) is 57.3 Å². The van der Waals surface area contributed by atoms with E-state index in [0.29, 0.717) is 17.0 Å². The third-order valence-electron chi connectivity index (χ3n) is 12.4. The molecule has 454 valence electrons. The first-order chi connectivity index (χ1) is 38.9. The number of rotatable bonds is 39. The number of thiol groups is 1. The van der Waals surface area contributed by atoms with Crippen LogP contribution in [0.3, 0.4) is 0 Å². The molecule has 0 saturated carbocycles. The van der Waals surface area contributed by atoms with E-state index in [1.165, 1.54) is 31.2 Å². The van der Waals surface area contributed by atoms with Crippen LogP contribution in [-0.2, 0) is 75.1 Å². The second-order valence-corrected chi connectivity index (χ2v) is 21.4. The summed E-state index contributed by atoms with van der Waals surface area (Å²) in [6.07, 6.45) is 5.97. The molecule has 0 aliphatic rings. The molecule has 2 heterocycles. The number of carbonyl (C=O) groups is 11. The molecule has 0 aliphatic carbocycles. The van der Waals surface area contributed by atoms with Gasteiger partial charge in [0.05, 0.1) is 38.7 Å². The maximum absolute atomic E-state index is 14.2. The van der Waals surface area contributed by atoms with Crippen molar-refractivity contribution in [3.05, 3.63) is 54.2 Å². The molecule has 0 unspecified atom stereocenters.